The quantitative estimate of drug-likeness (QED) is 0.593. The van der Waals surface area contributed by atoms with Crippen molar-refractivity contribution in [2.24, 2.45) is 0 Å². The first-order chi connectivity index (χ1) is 9.51. The fraction of sp³-hybridized carbons (Fsp3) is 0.357. The number of rotatable bonds is 7. The van der Waals surface area contributed by atoms with Gasteiger partial charge in [0.05, 0.1) is 0 Å². The molecule has 1 N–H and O–H groups in total. The van der Waals surface area contributed by atoms with Crippen LogP contribution in [0.1, 0.15) is 24.2 Å². The highest BCUT2D eigenvalue weighted by molar-refractivity contribution is 5.81. The molecule has 1 rings (SSSR count). The van der Waals surface area contributed by atoms with E-state index < -0.39 is 5.97 Å². The summed E-state index contributed by atoms with van der Waals surface area (Å²) in [5.74, 6) is -0.550. The molecule has 0 heterocycles. The number of benzene rings is 1. The average molecular weight is 279 g/mol. The van der Waals surface area contributed by atoms with Gasteiger partial charge in [-0.05, 0) is 38.1 Å². The first-order valence-corrected chi connectivity index (χ1v) is 6.14. The van der Waals surface area contributed by atoms with Crippen molar-refractivity contribution < 1.29 is 23.9 Å². The van der Waals surface area contributed by atoms with E-state index in [4.69, 9.17) is 9.47 Å². The van der Waals surface area contributed by atoms with Gasteiger partial charge in [0.25, 0.3) is 5.91 Å². The van der Waals surface area contributed by atoms with E-state index >= 15 is 0 Å². The monoisotopic (exact) mass is 279 g/mol. The summed E-state index contributed by atoms with van der Waals surface area (Å²) in [6.07, 6.45) is 0.714. The minimum Gasteiger partial charge on any atom is -0.482 e. The molecule has 1 aromatic rings. The zero-order valence-corrected chi connectivity index (χ0v) is 11.4. The Kier molecular flexibility index (Phi) is 6.22. The molecule has 108 valence electrons. The fourth-order valence-corrected chi connectivity index (χ4v) is 1.34. The number of aldehydes is 1. The third-order valence-corrected chi connectivity index (χ3v) is 2.19. The molecule has 0 bridgehead atoms. The lowest BCUT2D eigenvalue weighted by atomic mass is 10.2. The second-order valence-electron chi connectivity index (χ2n) is 4.36. The average Bonchev–Trinajstić information content (AvgIpc) is 2.42. The van der Waals surface area contributed by atoms with Crippen LogP contribution in [0.4, 0.5) is 0 Å². The van der Waals surface area contributed by atoms with E-state index in [1.807, 2.05) is 13.8 Å². The molecule has 0 aliphatic carbocycles. The molecule has 0 aliphatic rings. The molecular weight excluding hydrogens is 262 g/mol. The Morgan fingerprint density at radius 2 is 1.85 bits per heavy atom. The van der Waals surface area contributed by atoms with Gasteiger partial charge in [0.15, 0.2) is 13.2 Å². The van der Waals surface area contributed by atoms with E-state index in [9.17, 15) is 14.4 Å². The van der Waals surface area contributed by atoms with Crippen LogP contribution in [-0.4, -0.2) is 37.4 Å². The Labute approximate surface area is 117 Å². The lowest BCUT2D eigenvalue weighted by molar-refractivity contribution is -0.150. The zero-order valence-electron chi connectivity index (χ0n) is 11.4. The van der Waals surface area contributed by atoms with Crippen molar-refractivity contribution in [2.75, 3.05) is 13.2 Å². The maximum absolute atomic E-state index is 11.3. The van der Waals surface area contributed by atoms with E-state index in [0.717, 1.165) is 0 Å². The van der Waals surface area contributed by atoms with Gasteiger partial charge in [0.2, 0.25) is 0 Å². The van der Waals surface area contributed by atoms with Gasteiger partial charge < -0.3 is 14.8 Å². The lowest BCUT2D eigenvalue weighted by Crippen LogP contribution is -2.34. The Balaban J connectivity index is 2.28. The summed E-state index contributed by atoms with van der Waals surface area (Å²) in [7, 11) is 0. The number of esters is 1. The van der Waals surface area contributed by atoms with Crippen LogP contribution in [-0.2, 0) is 14.3 Å². The maximum atomic E-state index is 11.3. The molecule has 6 nitrogen and oxygen atoms in total. The van der Waals surface area contributed by atoms with Crippen LogP contribution >= 0.6 is 0 Å². The molecular formula is C14H17NO5. The van der Waals surface area contributed by atoms with Crippen LogP contribution in [0.25, 0.3) is 0 Å². The lowest BCUT2D eigenvalue weighted by Gasteiger charge is -2.09. The van der Waals surface area contributed by atoms with E-state index in [0.29, 0.717) is 17.6 Å². The molecule has 0 saturated carbocycles. The van der Waals surface area contributed by atoms with Crippen molar-refractivity contribution in [1.82, 2.24) is 5.32 Å². The van der Waals surface area contributed by atoms with Crippen LogP contribution in [0.3, 0.4) is 0 Å². The molecule has 0 aliphatic heterocycles. The van der Waals surface area contributed by atoms with Crippen LogP contribution in [0, 0.1) is 0 Å². The topological polar surface area (TPSA) is 81.7 Å². The van der Waals surface area contributed by atoms with Crippen LogP contribution < -0.4 is 10.1 Å². The highest BCUT2D eigenvalue weighted by atomic mass is 16.6. The number of carbonyl (C=O) groups excluding carboxylic acids is 3. The fourth-order valence-electron chi connectivity index (χ4n) is 1.34. The molecule has 0 atom stereocenters. The van der Waals surface area contributed by atoms with Gasteiger partial charge in [-0.2, -0.15) is 0 Å². The first-order valence-electron chi connectivity index (χ1n) is 6.14. The van der Waals surface area contributed by atoms with Gasteiger partial charge >= 0.3 is 5.97 Å². The molecule has 6 heteroatoms. The van der Waals surface area contributed by atoms with Crippen molar-refractivity contribution >= 4 is 18.2 Å². The van der Waals surface area contributed by atoms with Crippen molar-refractivity contribution in [1.29, 1.82) is 0 Å². The van der Waals surface area contributed by atoms with Crippen molar-refractivity contribution in [3.05, 3.63) is 29.8 Å². The van der Waals surface area contributed by atoms with Crippen LogP contribution in [0.5, 0.6) is 5.75 Å². The predicted molar refractivity (Wildman–Crippen MR) is 71.6 cm³/mol. The Morgan fingerprint density at radius 3 is 2.40 bits per heavy atom. The minimum atomic E-state index is -0.636. The molecule has 0 fully saturated rings. The highest BCUT2D eigenvalue weighted by Gasteiger charge is 2.09. The molecule has 0 saturated heterocycles. The van der Waals surface area contributed by atoms with Gasteiger partial charge in [-0.15, -0.1) is 0 Å². The molecule has 1 aromatic carbocycles. The maximum Gasteiger partial charge on any atom is 0.344 e. The van der Waals surface area contributed by atoms with Crippen molar-refractivity contribution in [3.8, 4) is 5.75 Å². The van der Waals surface area contributed by atoms with Crippen LogP contribution in [0.15, 0.2) is 24.3 Å². The Hall–Kier alpha value is -2.37. The molecule has 1 amide bonds. The highest BCUT2D eigenvalue weighted by Crippen LogP contribution is 2.10. The number of hydrogen-bond acceptors (Lipinski definition) is 5. The SMILES string of the molecule is CC(C)NC(=O)COC(=O)COc1ccc(C=O)cc1. The van der Waals surface area contributed by atoms with Gasteiger partial charge in [0, 0.05) is 11.6 Å². The van der Waals surface area contributed by atoms with E-state index in [1.165, 1.54) is 0 Å². The second kappa shape index (κ2) is 7.93. The summed E-state index contributed by atoms with van der Waals surface area (Å²) < 4.78 is 9.90. The third-order valence-electron chi connectivity index (χ3n) is 2.19. The van der Waals surface area contributed by atoms with Gasteiger partial charge in [-0.3, -0.25) is 9.59 Å². The van der Waals surface area contributed by atoms with Gasteiger partial charge in [0.1, 0.15) is 12.0 Å². The van der Waals surface area contributed by atoms with E-state index in [1.54, 1.807) is 24.3 Å². The zero-order chi connectivity index (χ0) is 15.0. The number of nitrogens with one attached hydrogen (secondary N) is 1. The van der Waals surface area contributed by atoms with Crippen molar-refractivity contribution in [2.45, 2.75) is 19.9 Å². The summed E-state index contributed by atoms with van der Waals surface area (Å²) >= 11 is 0. The molecule has 0 radical (unpaired) electrons. The summed E-state index contributed by atoms with van der Waals surface area (Å²) in [6.45, 7) is 3.00. The molecule has 20 heavy (non-hydrogen) atoms. The number of carbonyl (C=O) groups is 3. The summed E-state index contributed by atoms with van der Waals surface area (Å²) in [5, 5.41) is 2.59. The molecule has 0 spiro atoms. The number of amides is 1. The number of hydrogen-bond donors (Lipinski definition) is 1. The van der Waals surface area contributed by atoms with E-state index in [2.05, 4.69) is 5.32 Å². The van der Waals surface area contributed by atoms with Gasteiger partial charge in [-0.1, -0.05) is 0 Å². The molecule has 0 aromatic heterocycles. The number of ether oxygens (including phenoxy) is 2. The minimum absolute atomic E-state index is 0.00575. The smallest absolute Gasteiger partial charge is 0.344 e. The predicted octanol–water partition coefficient (Wildman–Crippen LogP) is 0.946. The largest absolute Gasteiger partial charge is 0.482 e. The standard InChI is InChI=1S/C14H17NO5/c1-10(2)15-13(17)8-20-14(18)9-19-12-5-3-11(7-16)4-6-12/h3-7,10H,8-9H2,1-2H3,(H,15,17). The molecule has 0 unspecified atom stereocenters. The second-order valence-corrected chi connectivity index (χ2v) is 4.36. The van der Waals surface area contributed by atoms with Crippen LogP contribution in [0.2, 0.25) is 0 Å². The summed E-state index contributed by atoms with van der Waals surface area (Å²) in [5.41, 5.74) is 0.519. The third kappa shape index (κ3) is 5.99. The van der Waals surface area contributed by atoms with E-state index in [-0.39, 0.29) is 25.2 Å². The normalized spacial score (nSPS) is 9.95. The summed E-state index contributed by atoms with van der Waals surface area (Å²) in [4.78, 5) is 33.0. The van der Waals surface area contributed by atoms with Gasteiger partial charge in [-0.25, -0.2) is 4.79 Å². The van der Waals surface area contributed by atoms with Crippen molar-refractivity contribution in [3.63, 3.8) is 0 Å². The summed E-state index contributed by atoms with van der Waals surface area (Å²) in [6, 6.07) is 6.28. The Bertz CT molecular complexity index is 467. The first kappa shape index (κ1) is 15.7. The Morgan fingerprint density at radius 1 is 1.20 bits per heavy atom.